The lowest BCUT2D eigenvalue weighted by atomic mass is 9.87. The predicted octanol–water partition coefficient (Wildman–Crippen LogP) is 1.01. The predicted molar refractivity (Wildman–Crippen MR) is 39.3 cm³/mol. The summed E-state index contributed by atoms with van der Waals surface area (Å²) in [5.74, 6) is 0. The van der Waals surface area contributed by atoms with Gasteiger partial charge in [0, 0.05) is 18.6 Å². The molecular weight excluding hydrogens is 114 g/mol. The van der Waals surface area contributed by atoms with E-state index in [9.17, 15) is 0 Å². The zero-order valence-electron chi connectivity index (χ0n) is 6.77. The maximum Gasteiger partial charge on any atom is 0.0528 e. The molecule has 0 aromatic heterocycles. The van der Waals surface area contributed by atoms with Crippen molar-refractivity contribution < 1.29 is 4.74 Å². The Morgan fingerprint density at radius 2 is 2.00 bits per heavy atom. The third-order valence-corrected chi connectivity index (χ3v) is 1.75. The van der Waals surface area contributed by atoms with Gasteiger partial charge in [-0.3, -0.25) is 0 Å². The molecule has 0 saturated carbocycles. The number of rotatable bonds is 3. The van der Waals surface area contributed by atoms with Gasteiger partial charge in [-0.1, -0.05) is 13.8 Å². The summed E-state index contributed by atoms with van der Waals surface area (Å²) >= 11 is 0. The van der Waals surface area contributed by atoms with E-state index in [4.69, 9.17) is 10.5 Å². The van der Waals surface area contributed by atoms with Crippen LogP contribution < -0.4 is 5.73 Å². The van der Waals surface area contributed by atoms with Gasteiger partial charge >= 0.3 is 0 Å². The highest BCUT2D eigenvalue weighted by Gasteiger charge is 2.21. The van der Waals surface area contributed by atoms with Crippen molar-refractivity contribution in [1.82, 2.24) is 0 Å². The minimum absolute atomic E-state index is 0.106. The average Bonchev–Trinajstić information content (AvgIpc) is 1.65. The van der Waals surface area contributed by atoms with Crippen molar-refractivity contribution in [2.24, 2.45) is 11.1 Å². The zero-order chi connectivity index (χ0) is 7.49. The Morgan fingerprint density at radius 1 is 1.56 bits per heavy atom. The maximum absolute atomic E-state index is 5.68. The van der Waals surface area contributed by atoms with Crippen LogP contribution >= 0.6 is 0 Å². The summed E-state index contributed by atoms with van der Waals surface area (Å²) in [5.41, 5.74) is 5.78. The lowest BCUT2D eigenvalue weighted by Gasteiger charge is -2.27. The Labute approximate surface area is 57.4 Å². The molecule has 0 aromatic carbocycles. The van der Waals surface area contributed by atoms with Gasteiger partial charge in [-0.2, -0.15) is 0 Å². The lowest BCUT2D eigenvalue weighted by Crippen LogP contribution is -2.37. The van der Waals surface area contributed by atoms with Crippen molar-refractivity contribution in [2.75, 3.05) is 13.7 Å². The van der Waals surface area contributed by atoms with E-state index in [-0.39, 0.29) is 11.5 Å². The Hall–Kier alpha value is -0.0800. The summed E-state index contributed by atoms with van der Waals surface area (Å²) in [5, 5.41) is 0. The third-order valence-electron chi connectivity index (χ3n) is 1.75. The molecule has 0 aliphatic heterocycles. The Kier molecular flexibility index (Phi) is 3.15. The van der Waals surface area contributed by atoms with Gasteiger partial charge < -0.3 is 10.5 Å². The topological polar surface area (TPSA) is 35.2 Å². The first kappa shape index (κ1) is 8.92. The standard InChI is InChI=1S/C7H17NO/c1-6(8)7(2,3)5-9-4/h6H,5,8H2,1-4H3. The second-order valence-electron chi connectivity index (χ2n) is 3.21. The molecule has 0 fully saturated rings. The van der Waals surface area contributed by atoms with E-state index in [1.165, 1.54) is 0 Å². The number of ether oxygens (including phenoxy) is 1. The van der Waals surface area contributed by atoms with Gasteiger partial charge in [-0.15, -0.1) is 0 Å². The highest BCUT2D eigenvalue weighted by atomic mass is 16.5. The molecular formula is C7H17NO. The molecule has 0 spiro atoms. The molecule has 1 unspecified atom stereocenters. The molecule has 0 saturated heterocycles. The number of nitrogens with two attached hydrogens (primary N) is 1. The van der Waals surface area contributed by atoms with E-state index >= 15 is 0 Å². The van der Waals surface area contributed by atoms with Crippen molar-refractivity contribution >= 4 is 0 Å². The fourth-order valence-corrected chi connectivity index (χ4v) is 0.503. The van der Waals surface area contributed by atoms with Gasteiger partial charge in [0.05, 0.1) is 6.61 Å². The molecule has 0 aromatic rings. The van der Waals surface area contributed by atoms with Crippen LogP contribution in [0.2, 0.25) is 0 Å². The minimum Gasteiger partial charge on any atom is -0.384 e. The van der Waals surface area contributed by atoms with E-state index in [1.54, 1.807) is 7.11 Å². The normalized spacial score (nSPS) is 15.7. The molecule has 0 bridgehead atoms. The fourth-order valence-electron chi connectivity index (χ4n) is 0.503. The van der Waals surface area contributed by atoms with Crippen LogP contribution in [0, 0.1) is 5.41 Å². The van der Waals surface area contributed by atoms with Gasteiger partial charge in [0.25, 0.3) is 0 Å². The number of methoxy groups -OCH3 is 1. The Balaban J connectivity index is 3.70. The van der Waals surface area contributed by atoms with E-state index in [0.717, 1.165) is 6.61 Å². The van der Waals surface area contributed by atoms with E-state index in [1.807, 2.05) is 6.92 Å². The lowest BCUT2D eigenvalue weighted by molar-refractivity contribution is 0.0898. The highest BCUT2D eigenvalue weighted by molar-refractivity contribution is 4.76. The summed E-state index contributed by atoms with van der Waals surface area (Å²) in [6, 6.07) is 0.192. The van der Waals surface area contributed by atoms with Gasteiger partial charge in [0.1, 0.15) is 0 Å². The van der Waals surface area contributed by atoms with Crippen LogP contribution in [0.5, 0.6) is 0 Å². The molecule has 1 atom stereocenters. The molecule has 0 amide bonds. The molecule has 2 nitrogen and oxygen atoms in total. The van der Waals surface area contributed by atoms with Crippen LogP contribution in [0.15, 0.2) is 0 Å². The molecule has 2 N–H and O–H groups in total. The SMILES string of the molecule is COCC(C)(C)C(C)N. The second kappa shape index (κ2) is 3.18. The van der Waals surface area contributed by atoms with Crippen molar-refractivity contribution in [1.29, 1.82) is 0 Å². The van der Waals surface area contributed by atoms with Crippen LogP contribution in [0.3, 0.4) is 0 Å². The second-order valence-corrected chi connectivity index (χ2v) is 3.21. The highest BCUT2D eigenvalue weighted by Crippen LogP contribution is 2.18. The van der Waals surface area contributed by atoms with Crippen molar-refractivity contribution in [3.63, 3.8) is 0 Å². The first-order valence-electron chi connectivity index (χ1n) is 3.25. The zero-order valence-corrected chi connectivity index (χ0v) is 6.77. The van der Waals surface area contributed by atoms with Crippen LogP contribution in [-0.4, -0.2) is 19.8 Å². The molecule has 2 heteroatoms. The van der Waals surface area contributed by atoms with Crippen LogP contribution in [0.1, 0.15) is 20.8 Å². The Morgan fingerprint density at radius 3 is 2.11 bits per heavy atom. The monoisotopic (exact) mass is 131 g/mol. The maximum atomic E-state index is 5.68. The summed E-state index contributed by atoms with van der Waals surface area (Å²) in [6.45, 7) is 6.92. The van der Waals surface area contributed by atoms with Crippen molar-refractivity contribution in [3.05, 3.63) is 0 Å². The van der Waals surface area contributed by atoms with Gasteiger partial charge in [-0.05, 0) is 6.92 Å². The molecule has 56 valence electrons. The van der Waals surface area contributed by atoms with Crippen LogP contribution in [0.25, 0.3) is 0 Å². The molecule has 0 aliphatic rings. The van der Waals surface area contributed by atoms with Crippen LogP contribution in [-0.2, 0) is 4.74 Å². The molecule has 0 aliphatic carbocycles. The van der Waals surface area contributed by atoms with Crippen molar-refractivity contribution in [3.8, 4) is 0 Å². The fraction of sp³-hybridized carbons (Fsp3) is 1.00. The molecule has 0 heterocycles. The third kappa shape index (κ3) is 2.82. The van der Waals surface area contributed by atoms with Gasteiger partial charge in [0.2, 0.25) is 0 Å². The molecule has 0 radical (unpaired) electrons. The first-order valence-corrected chi connectivity index (χ1v) is 3.25. The van der Waals surface area contributed by atoms with E-state index in [0.29, 0.717) is 0 Å². The number of hydrogen-bond acceptors (Lipinski definition) is 2. The number of hydrogen-bond donors (Lipinski definition) is 1. The average molecular weight is 131 g/mol. The largest absolute Gasteiger partial charge is 0.384 e. The Bertz CT molecular complexity index is 79.0. The summed E-state index contributed by atoms with van der Waals surface area (Å²) in [6.07, 6.45) is 0. The first-order chi connectivity index (χ1) is 4.00. The summed E-state index contributed by atoms with van der Waals surface area (Å²) < 4.78 is 4.99. The van der Waals surface area contributed by atoms with Crippen molar-refractivity contribution in [2.45, 2.75) is 26.8 Å². The van der Waals surface area contributed by atoms with Gasteiger partial charge in [0.15, 0.2) is 0 Å². The van der Waals surface area contributed by atoms with E-state index in [2.05, 4.69) is 13.8 Å². The quantitative estimate of drug-likeness (QED) is 0.620. The smallest absolute Gasteiger partial charge is 0.0528 e. The van der Waals surface area contributed by atoms with Crippen LogP contribution in [0.4, 0.5) is 0 Å². The minimum atomic E-state index is 0.106. The molecule has 9 heavy (non-hydrogen) atoms. The summed E-state index contributed by atoms with van der Waals surface area (Å²) in [7, 11) is 1.70. The summed E-state index contributed by atoms with van der Waals surface area (Å²) in [4.78, 5) is 0. The molecule has 0 rings (SSSR count). The van der Waals surface area contributed by atoms with E-state index < -0.39 is 0 Å². The van der Waals surface area contributed by atoms with Gasteiger partial charge in [-0.25, -0.2) is 0 Å².